The molecule has 0 unspecified atom stereocenters. The number of nitrogens with one attached hydrogen (secondary N) is 1. The number of hydrogen-bond acceptors (Lipinski definition) is 1. The van der Waals surface area contributed by atoms with Gasteiger partial charge in [0.15, 0.2) is 5.78 Å². The van der Waals surface area contributed by atoms with E-state index in [9.17, 15) is 4.79 Å². The van der Waals surface area contributed by atoms with E-state index in [-0.39, 0.29) is 0 Å². The number of Topliss-reactive ketones (excluding diaryl/α,β-unsaturated/α-hetero) is 1. The number of benzene rings is 1. The molecular formula is C14H14BrNO. The molecule has 0 fully saturated rings. The van der Waals surface area contributed by atoms with Crippen LogP contribution in [-0.2, 0) is 6.42 Å². The van der Waals surface area contributed by atoms with Crippen molar-refractivity contribution in [3.63, 3.8) is 0 Å². The van der Waals surface area contributed by atoms with Gasteiger partial charge in [0.25, 0.3) is 0 Å². The molecule has 1 aromatic carbocycles. The number of fused-ring (bicyclic) bond motifs is 3. The summed E-state index contributed by atoms with van der Waals surface area (Å²) in [6, 6.07) is 4.14. The molecule has 2 aromatic rings. The van der Waals surface area contributed by atoms with E-state index in [1.807, 2.05) is 0 Å². The zero-order valence-electron chi connectivity index (χ0n) is 9.77. The van der Waals surface area contributed by atoms with Gasteiger partial charge >= 0.3 is 0 Å². The zero-order valence-corrected chi connectivity index (χ0v) is 11.4. The number of ketones is 1. The molecular weight excluding hydrogens is 278 g/mol. The smallest absolute Gasteiger partial charge is 0.165 e. The molecule has 0 radical (unpaired) electrons. The van der Waals surface area contributed by atoms with Crippen molar-refractivity contribution in [2.75, 3.05) is 0 Å². The van der Waals surface area contributed by atoms with Crippen LogP contribution in [0.1, 0.15) is 40.9 Å². The van der Waals surface area contributed by atoms with Crippen LogP contribution in [0.3, 0.4) is 0 Å². The molecule has 0 bridgehead atoms. The third kappa shape index (κ3) is 1.73. The summed E-state index contributed by atoms with van der Waals surface area (Å²) in [5.41, 5.74) is 4.37. The van der Waals surface area contributed by atoms with Gasteiger partial charge in [-0.2, -0.15) is 0 Å². The second kappa shape index (κ2) is 3.98. The molecule has 1 aliphatic carbocycles. The summed E-state index contributed by atoms with van der Waals surface area (Å²) in [7, 11) is 0. The molecule has 0 spiro atoms. The van der Waals surface area contributed by atoms with Gasteiger partial charge < -0.3 is 4.98 Å². The Kier molecular flexibility index (Phi) is 2.58. The minimum Gasteiger partial charge on any atom is -0.358 e. The van der Waals surface area contributed by atoms with Crippen molar-refractivity contribution < 1.29 is 4.79 Å². The van der Waals surface area contributed by atoms with Crippen LogP contribution < -0.4 is 0 Å². The van der Waals surface area contributed by atoms with Gasteiger partial charge in [0.05, 0.1) is 0 Å². The first-order valence-electron chi connectivity index (χ1n) is 6.00. The molecule has 0 saturated carbocycles. The number of hydrogen-bond donors (Lipinski definition) is 1. The third-order valence-corrected chi connectivity index (χ3v) is 3.96. The van der Waals surface area contributed by atoms with Gasteiger partial charge in [-0.05, 0) is 43.9 Å². The normalized spacial score (nSPS) is 16.0. The lowest BCUT2D eigenvalue weighted by atomic mass is 10.0. The van der Waals surface area contributed by atoms with Gasteiger partial charge in [-0.25, -0.2) is 0 Å². The molecule has 3 heteroatoms. The van der Waals surface area contributed by atoms with Gasteiger partial charge in [-0.1, -0.05) is 15.9 Å². The fourth-order valence-corrected chi connectivity index (χ4v) is 3.27. The summed E-state index contributed by atoms with van der Waals surface area (Å²) in [4.78, 5) is 15.6. The predicted octanol–water partition coefficient (Wildman–Crippen LogP) is 4.15. The van der Waals surface area contributed by atoms with E-state index >= 15 is 0 Å². The Labute approximate surface area is 109 Å². The highest BCUT2D eigenvalue weighted by atomic mass is 79.9. The lowest BCUT2D eigenvalue weighted by Gasteiger charge is -2.00. The van der Waals surface area contributed by atoms with Gasteiger partial charge in [0.2, 0.25) is 0 Å². The maximum atomic E-state index is 12.2. The highest BCUT2D eigenvalue weighted by Crippen LogP contribution is 2.32. The summed E-state index contributed by atoms with van der Waals surface area (Å²) < 4.78 is 1.04. The van der Waals surface area contributed by atoms with Crippen molar-refractivity contribution in [2.45, 2.75) is 32.6 Å². The second-order valence-electron chi connectivity index (χ2n) is 4.75. The molecule has 1 heterocycles. The van der Waals surface area contributed by atoms with Crippen molar-refractivity contribution in [3.8, 4) is 0 Å². The number of rotatable bonds is 0. The number of carbonyl (C=O) groups excluding carboxylic acids is 1. The Hall–Kier alpha value is -1.09. The molecule has 1 aliphatic rings. The highest BCUT2D eigenvalue weighted by molar-refractivity contribution is 9.10. The van der Waals surface area contributed by atoms with E-state index in [0.717, 1.165) is 45.9 Å². The van der Waals surface area contributed by atoms with Gasteiger partial charge in [-0.15, -0.1) is 0 Å². The molecule has 88 valence electrons. The molecule has 0 amide bonds. The first-order chi connectivity index (χ1) is 8.16. The molecule has 0 saturated heterocycles. The number of carbonyl (C=O) groups is 1. The van der Waals surface area contributed by atoms with Crippen molar-refractivity contribution in [3.05, 3.63) is 33.4 Å². The summed E-state index contributed by atoms with van der Waals surface area (Å²) in [6.07, 6.45) is 3.79. The van der Waals surface area contributed by atoms with Crippen LogP contribution >= 0.6 is 15.9 Å². The van der Waals surface area contributed by atoms with Crippen LogP contribution in [-0.4, -0.2) is 10.8 Å². The average molecular weight is 292 g/mol. The quantitative estimate of drug-likeness (QED) is 0.727. The predicted molar refractivity (Wildman–Crippen MR) is 72.6 cm³/mol. The summed E-state index contributed by atoms with van der Waals surface area (Å²) in [5.74, 6) is 0.293. The maximum absolute atomic E-state index is 12.2. The molecule has 3 rings (SSSR count). The van der Waals surface area contributed by atoms with E-state index in [0.29, 0.717) is 12.2 Å². The SMILES string of the molecule is Cc1cc(Br)cc2c3c([nH]c12)CCCCC3=O. The molecule has 2 nitrogen and oxygen atoms in total. The molecule has 1 N–H and O–H groups in total. The van der Waals surface area contributed by atoms with Crippen molar-refractivity contribution in [1.29, 1.82) is 0 Å². The van der Waals surface area contributed by atoms with Crippen LogP contribution in [0.2, 0.25) is 0 Å². The minimum atomic E-state index is 0.293. The first kappa shape index (κ1) is 11.0. The van der Waals surface area contributed by atoms with E-state index in [1.54, 1.807) is 0 Å². The summed E-state index contributed by atoms with van der Waals surface area (Å²) >= 11 is 3.51. The van der Waals surface area contributed by atoms with Crippen molar-refractivity contribution in [1.82, 2.24) is 4.98 Å². The lowest BCUT2D eigenvalue weighted by Crippen LogP contribution is -1.97. The molecule has 0 aliphatic heterocycles. The Morgan fingerprint density at radius 2 is 2.00 bits per heavy atom. The maximum Gasteiger partial charge on any atom is 0.165 e. The second-order valence-corrected chi connectivity index (χ2v) is 5.67. The Morgan fingerprint density at radius 3 is 2.82 bits per heavy atom. The number of aromatic amines is 1. The Balaban J connectivity index is 2.36. The molecule has 0 atom stereocenters. The first-order valence-corrected chi connectivity index (χ1v) is 6.80. The van der Waals surface area contributed by atoms with Crippen LogP contribution in [0, 0.1) is 6.92 Å². The van der Waals surface area contributed by atoms with Gasteiger partial charge in [0, 0.05) is 33.1 Å². The third-order valence-electron chi connectivity index (χ3n) is 3.51. The highest BCUT2D eigenvalue weighted by Gasteiger charge is 2.21. The number of H-pyrrole nitrogens is 1. The topological polar surface area (TPSA) is 32.9 Å². The van der Waals surface area contributed by atoms with Crippen molar-refractivity contribution in [2.24, 2.45) is 0 Å². The van der Waals surface area contributed by atoms with Crippen LogP contribution in [0.5, 0.6) is 0 Å². The molecule has 1 aromatic heterocycles. The van der Waals surface area contributed by atoms with Crippen molar-refractivity contribution >= 4 is 32.6 Å². The fourth-order valence-electron chi connectivity index (χ4n) is 2.70. The fraction of sp³-hybridized carbons (Fsp3) is 0.357. The summed E-state index contributed by atoms with van der Waals surface area (Å²) in [5, 5.41) is 1.08. The number of aromatic nitrogens is 1. The Morgan fingerprint density at radius 1 is 1.24 bits per heavy atom. The largest absolute Gasteiger partial charge is 0.358 e. The lowest BCUT2D eigenvalue weighted by molar-refractivity contribution is 0.0983. The van der Waals surface area contributed by atoms with Crippen LogP contribution in [0.25, 0.3) is 10.9 Å². The van der Waals surface area contributed by atoms with E-state index in [2.05, 4.69) is 40.0 Å². The zero-order chi connectivity index (χ0) is 12.0. The standard InChI is InChI=1S/C14H14BrNO/c1-8-6-9(15)7-10-13-11(16-14(8)10)4-2-3-5-12(13)17/h6-7,16H,2-5H2,1H3. The van der Waals surface area contributed by atoms with E-state index in [4.69, 9.17) is 0 Å². The minimum absolute atomic E-state index is 0.293. The van der Waals surface area contributed by atoms with E-state index in [1.165, 1.54) is 5.56 Å². The summed E-state index contributed by atoms with van der Waals surface area (Å²) in [6.45, 7) is 2.08. The Bertz CT molecular complexity index is 612. The van der Waals surface area contributed by atoms with E-state index < -0.39 is 0 Å². The van der Waals surface area contributed by atoms with Gasteiger partial charge in [0.1, 0.15) is 0 Å². The van der Waals surface area contributed by atoms with Crippen LogP contribution in [0.4, 0.5) is 0 Å². The van der Waals surface area contributed by atoms with Gasteiger partial charge in [-0.3, -0.25) is 4.79 Å². The average Bonchev–Trinajstić information content (AvgIpc) is 2.53. The number of halogens is 1. The number of aryl methyl sites for hydroxylation is 2. The molecule has 17 heavy (non-hydrogen) atoms. The van der Waals surface area contributed by atoms with Crippen LogP contribution in [0.15, 0.2) is 16.6 Å². The monoisotopic (exact) mass is 291 g/mol.